The molecule has 1 saturated heterocycles. The number of carbonyl (C=O) groups is 1. The van der Waals surface area contributed by atoms with Crippen molar-refractivity contribution in [3.05, 3.63) is 63.8 Å². The number of piperidine rings is 1. The Morgan fingerprint density at radius 2 is 1.77 bits per heavy atom. The molecule has 1 aromatic heterocycles. The third kappa shape index (κ3) is 4.31. The number of halogens is 1. The van der Waals surface area contributed by atoms with Crippen LogP contribution in [0.3, 0.4) is 0 Å². The molecule has 2 aromatic rings. The Kier molecular flexibility index (Phi) is 5.65. The first kappa shape index (κ1) is 20.4. The van der Waals surface area contributed by atoms with Crippen molar-refractivity contribution in [2.45, 2.75) is 51.0 Å². The smallest absolute Gasteiger partial charge is 0.274 e. The van der Waals surface area contributed by atoms with E-state index in [0.717, 1.165) is 31.1 Å². The maximum absolute atomic E-state index is 13.1. The van der Waals surface area contributed by atoms with E-state index in [1.54, 1.807) is 6.07 Å². The highest BCUT2D eigenvalue weighted by atomic mass is 19.1. The first-order chi connectivity index (χ1) is 15.1. The number of nitrogens with one attached hydrogen (secondary N) is 1. The molecule has 0 spiro atoms. The lowest BCUT2D eigenvalue weighted by molar-refractivity contribution is 0.0967. The van der Waals surface area contributed by atoms with E-state index in [9.17, 15) is 14.0 Å². The van der Waals surface area contributed by atoms with E-state index in [1.165, 1.54) is 62.9 Å². The second kappa shape index (κ2) is 8.58. The summed E-state index contributed by atoms with van der Waals surface area (Å²) in [5.41, 5.74) is 1.58. The van der Waals surface area contributed by atoms with Crippen molar-refractivity contribution >= 4 is 11.6 Å². The normalized spacial score (nSPS) is 23.9. The molecule has 164 valence electrons. The third-order valence-electron chi connectivity index (χ3n) is 7.28. The minimum absolute atomic E-state index is 0.136. The number of pyridine rings is 1. The first-order valence-electron chi connectivity index (χ1n) is 11.6. The predicted octanol–water partition coefficient (Wildman–Crippen LogP) is 4.24. The summed E-state index contributed by atoms with van der Waals surface area (Å²) in [6, 6.07) is 9.07. The maximum Gasteiger partial charge on any atom is 0.274 e. The molecule has 2 unspecified atom stereocenters. The van der Waals surface area contributed by atoms with Crippen LogP contribution in [0.5, 0.6) is 0 Å². The second-order valence-corrected chi connectivity index (χ2v) is 9.57. The fraction of sp³-hybridized carbons (Fsp3) is 0.520. The van der Waals surface area contributed by atoms with Crippen LogP contribution in [0.1, 0.15) is 60.5 Å². The minimum Gasteiger partial charge on any atom is -0.317 e. The number of anilines is 1. The largest absolute Gasteiger partial charge is 0.317 e. The molecule has 1 saturated carbocycles. The summed E-state index contributed by atoms with van der Waals surface area (Å²) in [4.78, 5) is 28.3. The van der Waals surface area contributed by atoms with Crippen LogP contribution in [-0.2, 0) is 6.54 Å². The number of aromatic nitrogens is 1. The fourth-order valence-corrected chi connectivity index (χ4v) is 5.82. The SMILES string of the molecule is O=C(Nc1ccc2n(c1=O)CC1CC2CN(CC2CCCCC2)C1)c1ccc(F)cc1. The molecule has 31 heavy (non-hydrogen) atoms. The number of carbonyl (C=O) groups excluding carboxylic acids is 1. The number of fused-ring (bicyclic) bond motifs is 4. The fourth-order valence-electron chi connectivity index (χ4n) is 5.82. The molecule has 2 bridgehead atoms. The monoisotopic (exact) mass is 423 g/mol. The number of hydrogen-bond donors (Lipinski definition) is 1. The molecule has 2 aliphatic heterocycles. The Morgan fingerprint density at radius 1 is 1.00 bits per heavy atom. The van der Waals surface area contributed by atoms with Crippen molar-refractivity contribution in [1.29, 1.82) is 0 Å². The van der Waals surface area contributed by atoms with Crippen molar-refractivity contribution in [1.82, 2.24) is 9.47 Å². The van der Waals surface area contributed by atoms with Crippen LogP contribution in [0.2, 0.25) is 0 Å². The summed E-state index contributed by atoms with van der Waals surface area (Å²) >= 11 is 0. The van der Waals surface area contributed by atoms with Crippen LogP contribution >= 0.6 is 0 Å². The van der Waals surface area contributed by atoms with Gasteiger partial charge in [0.15, 0.2) is 0 Å². The third-order valence-corrected chi connectivity index (χ3v) is 7.28. The van der Waals surface area contributed by atoms with Gasteiger partial charge >= 0.3 is 0 Å². The molecule has 3 aliphatic rings. The van der Waals surface area contributed by atoms with E-state index in [4.69, 9.17) is 0 Å². The van der Waals surface area contributed by atoms with Gasteiger partial charge in [-0.2, -0.15) is 0 Å². The number of rotatable bonds is 4. The van der Waals surface area contributed by atoms with Crippen LogP contribution in [0.25, 0.3) is 0 Å². The predicted molar refractivity (Wildman–Crippen MR) is 119 cm³/mol. The number of hydrogen-bond acceptors (Lipinski definition) is 3. The Labute approximate surface area is 182 Å². The molecule has 2 atom stereocenters. The van der Waals surface area contributed by atoms with Crippen LogP contribution in [0.15, 0.2) is 41.2 Å². The summed E-state index contributed by atoms with van der Waals surface area (Å²) in [5.74, 6) is 0.904. The van der Waals surface area contributed by atoms with Crippen molar-refractivity contribution in [3.63, 3.8) is 0 Å². The molecule has 1 amide bonds. The molecule has 5 rings (SSSR count). The minimum atomic E-state index is -0.396. The number of nitrogens with zero attached hydrogens (tertiary/aromatic N) is 2. The number of amides is 1. The van der Waals surface area contributed by atoms with Gasteiger partial charge in [-0.05, 0) is 67.5 Å². The quantitative estimate of drug-likeness (QED) is 0.800. The van der Waals surface area contributed by atoms with E-state index in [2.05, 4.69) is 10.2 Å². The average molecular weight is 424 g/mol. The highest BCUT2D eigenvalue weighted by Crippen LogP contribution is 2.36. The molecular weight excluding hydrogens is 393 g/mol. The van der Waals surface area contributed by atoms with Gasteiger partial charge in [0.1, 0.15) is 11.5 Å². The van der Waals surface area contributed by atoms with Crippen molar-refractivity contribution in [3.8, 4) is 0 Å². The second-order valence-electron chi connectivity index (χ2n) is 9.57. The van der Waals surface area contributed by atoms with Gasteiger partial charge in [0, 0.05) is 43.4 Å². The Hall–Kier alpha value is -2.47. The molecule has 6 heteroatoms. The summed E-state index contributed by atoms with van der Waals surface area (Å²) in [6.45, 7) is 3.99. The molecule has 3 heterocycles. The summed E-state index contributed by atoms with van der Waals surface area (Å²) in [5, 5.41) is 2.72. The zero-order valence-corrected chi connectivity index (χ0v) is 17.9. The van der Waals surface area contributed by atoms with Gasteiger partial charge in [-0.1, -0.05) is 19.3 Å². The Morgan fingerprint density at radius 3 is 2.55 bits per heavy atom. The van der Waals surface area contributed by atoms with Crippen LogP contribution in [0.4, 0.5) is 10.1 Å². The lowest BCUT2D eigenvalue weighted by Crippen LogP contribution is -2.48. The van der Waals surface area contributed by atoms with Gasteiger partial charge in [-0.25, -0.2) is 4.39 Å². The van der Waals surface area contributed by atoms with E-state index < -0.39 is 11.7 Å². The Balaban J connectivity index is 1.31. The molecule has 1 aromatic carbocycles. The van der Waals surface area contributed by atoms with Crippen LogP contribution in [-0.4, -0.2) is 35.0 Å². The van der Waals surface area contributed by atoms with Gasteiger partial charge in [-0.15, -0.1) is 0 Å². The summed E-state index contributed by atoms with van der Waals surface area (Å²) < 4.78 is 15.0. The van der Waals surface area contributed by atoms with E-state index >= 15 is 0 Å². The van der Waals surface area contributed by atoms with Gasteiger partial charge in [0.25, 0.3) is 11.5 Å². The number of benzene rings is 1. The molecule has 0 radical (unpaired) electrons. The van der Waals surface area contributed by atoms with Gasteiger partial charge in [-0.3, -0.25) is 9.59 Å². The molecular formula is C25H30FN3O2. The van der Waals surface area contributed by atoms with Gasteiger partial charge in [0.2, 0.25) is 0 Å². The van der Waals surface area contributed by atoms with E-state index in [0.29, 0.717) is 23.9 Å². The highest BCUT2D eigenvalue weighted by Gasteiger charge is 2.35. The molecule has 2 fully saturated rings. The lowest BCUT2D eigenvalue weighted by atomic mass is 9.81. The Bertz CT molecular complexity index is 1010. The standard InChI is InChI=1S/C25H30FN3O2/c26-21-8-6-19(7-9-21)24(30)27-22-10-11-23-20-12-18(15-29(23)25(22)31)14-28(16-20)13-17-4-2-1-3-5-17/h6-11,17-18,20H,1-5,12-16H2,(H,27,30). The van der Waals surface area contributed by atoms with Crippen molar-refractivity contribution in [2.24, 2.45) is 11.8 Å². The topological polar surface area (TPSA) is 54.3 Å². The maximum atomic E-state index is 13.1. The molecule has 1 aliphatic carbocycles. The van der Waals surface area contributed by atoms with Crippen LogP contribution < -0.4 is 10.9 Å². The van der Waals surface area contributed by atoms with E-state index in [1.807, 2.05) is 10.6 Å². The van der Waals surface area contributed by atoms with E-state index in [-0.39, 0.29) is 11.2 Å². The van der Waals surface area contributed by atoms with Crippen molar-refractivity contribution < 1.29 is 9.18 Å². The first-order valence-corrected chi connectivity index (χ1v) is 11.6. The zero-order valence-electron chi connectivity index (χ0n) is 17.9. The summed E-state index contributed by atoms with van der Waals surface area (Å²) in [7, 11) is 0. The van der Waals surface area contributed by atoms with Gasteiger partial charge < -0.3 is 14.8 Å². The number of likely N-dealkylation sites (tertiary alicyclic amines) is 1. The van der Waals surface area contributed by atoms with Crippen LogP contribution in [0, 0.1) is 17.7 Å². The van der Waals surface area contributed by atoms with Gasteiger partial charge in [0.05, 0.1) is 0 Å². The lowest BCUT2D eigenvalue weighted by Gasteiger charge is -2.44. The highest BCUT2D eigenvalue weighted by molar-refractivity contribution is 6.04. The summed E-state index contributed by atoms with van der Waals surface area (Å²) in [6.07, 6.45) is 7.99. The molecule has 1 N–H and O–H groups in total. The average Bonchev–Trinajstić information content (AvgIpc) is 2.77. The zero-order chi connectivity index (χ0) is 21.4. The van der Waals surface area contributed by atoms with Crippen molar-refractivity contribution in [2.75, 3.05) is 25.0 Å². The molecule has 5 nitrogen and oxygen atoms in total.